The van der Waals surface area contributed by atoms with Gasteiger partial charge in [-0.15, -0.1) is 0 Å². The number of primary sulfonamides is 1. The van der Waals surface area contributed by atoms with Crippen LogP contribution in [0.15, 0.2) is 23.1 Å². The van der Waals surface area contributed by atoms with Gasteiger partial charge in [0.25, 0.3) is 0 Å². The second kappa shape index (κ2) is 5.23. The van der Waals surface area contributed by atoms with Gasteiger partial charge in [-0.3, -0.25) is 4.79 Å². The van der Waals surface area contributed by atoms with Crippen molar-refractivity contribution < 1.29 is 13.2 Å². The Kier molecular flexibility index (Phi) is 4.15. The van der Waals surface area contributed by atoms with E-state index in [9.17, 15) is 13.2 Å². The largest absolute Gasteiger partial charge is 0.399 e. The highest BCUT2D eigenvalue weighted by Gasteiger charge is 2.12. The normalized spacial score (nSPS) is 13.0. The molecule has 0 radical (unpaired) electrons. The molecule has 0 aliphatic carbocycles. The Balaban J connectivity index is 2.97. The number of nitrogen functional groups attached to an aromatic ring is 1. The maximum atomic E-state index is 11.2. The Morgan fingerprint density at radius 1 is 1.39 bits per heavy atom. The first-order valence-electron chi connectivity index (χ1n) is 5.16. The summed E-state index contributed by atoms with van der Waals surface area (Å²) in [7, 11) is -3.82. The number of rotatable bonds is 5. The van der Waals surface area contributed by atoms with Crippen LogP contribution in [0, 0.1) is 0 Å². The molecule has 0 saturated heterocycles. The van der Waals surface area contributed by atoms with Crippen LogP contribution in [0.3, 0.4) is 0 Å². The molecule has 7 N–H and O–H groups in total. The highest BCUT2D eigenvalue weighted by molar-refractivity contribution is 7.89. The SMILES string of the molecule is CC(CC(N)=O)Nc1cc(N)cc(S(N)(=O)=O)c1. The summed E-state index contributed by atoms with van der Waals surface area (Å²) >= 11 is 0. The lowest BCUT2D eigenvalue weighted by Crippen LogP contribution is -2.24. The smallest absolute Gasteiger partial charge is 0.238 e. The summed E-state index contributed by atoms with van der Waals surface area (Å²) in [5.41, 5.74) is 11.4. The molecule has 1 amide bonds. The van der Waals surface area contributed by atoms with Crippen molar-refractivity contribution in [3.05, 3.63) is 18.2 Å². The van der Waals surface area contributed by atoms with Crippen molar-refractivity contribution in [2.75, 3.05) is 11.1 Å². The minimum atomic E-state index is -3.82. The minimum Gasteiger partial charge on any atom is -0.399 e. The van der Waals surface area contributed by atoms with Crippen LogP contribution in [0.25, 0.3) is 0 Å². The van der Waals surface area contributed by atoms with Crippen molar-refractivity contribution >= 4 is 27.3 Å². The van der Waals surface area contributed by atoms with Crippen molar-refractivity contribution in [1.29, 1.82) is 0 Å². The van der Waals surface area contributed by atoms with Crippen LogP contribution >= 0.6 is 0 Å². The molecule has 0 spiro atoms. The van der Waals surface area contributed by atoms with Crippen LogP contribution in [-0.2, 0) is 14.8 Å². The molecule has 0 aliphatic heterocycles. The van der Waals surface area contributed by atoms with Gasteiger partial charge in [-0.2, -0.15) is 0 Å². The van der Waals surface area contributed by atoms with E-state index in [0.717, 1.165) is 0 Å². The Bertz CT molecular complexity index is 556. The van der Waals surface area contributed by atoms with E-state index in [4.69, 9.17) is 16.6 Å². The molecule has 0 aromatic heterocycles. The van der Waals surface area contributed by atoms with Gasteiger partial charge in [0, 0.05) is 23.8 Å². The van der Waals surface area contributed by atoms with Crippen molar-refractivity contribution in [3.63, 3.8) is 0 Å². The molecule has 1 unspecified atom stereocenters. The van der Waals surface area contributed by atoms with Gasteiger partial charge >= 0.3 is 0 Å². The quantitative estimate of drug-likeness (QED) is 0.539. The first-order valence-corrected chi connectivity index (χ1v) is 6.71. The van der Waals surface area contributed by atoms with Gasteiger partial charge in [-0.05, 0) is 25.1 Å². The summed E-state index contributed by atoms with van der Waals surface area (Å²) in [6.07, 6.45) is 0.125. The van der Waals surface area contributed by atoms with Gasteiger partial charge in [-0.25, -0.2) is 13.6 Å². The van der Waals surface area contributed by atoms with Crippen molar-refractivity contribution in [3.8, 4) is 0 Å². The minimum absolute atomic E-state index is 0.0868. The fraction of sp³-hybridized carbons (Fsp3) is 0.300. The number of amides is 1. The number of sulfonamides is 1. The summed E-state index contributed by atoms with van der Waals surface area (Å²) in [5.74, 6) is -0.453. The number of carbonyl (C=O) groups excluding carboxylic acids is 1. The Morgan fingerprint density at radius 3 is 2.50 bits per heavy atom. The van der Waals surface area contributed by atoms with E-state index in [1.165, 1.54) is 12.1 Å². The number of hydrogen-bond acceptors (Lipinski definition) is 5. The zero-order chi connectivity index (χ0) is 13.9. The lowest BCUT2D eigenvalue weighted by molar-refractivity contribution is -0.118. The highest BCUT2D eigenvalue weighted by atomic mass is 32.2. The van der Waals surface area contributed by atoms with E-state index >= 15 is 0 Å². The van der Waals surface area contributed by atoms with E-state index < -0.39 is 15.9 Å². The fourth-order valence-electron chi connectivity index (χ4n) is 1.51. The number of primary amides is 1. The summed E-state index contributed by atoms with van der Waals surface area (Å²) < 4.78 is 22.4. The molecule has 1 atom stereocenters. The highest BCUT2D eigenvalue weighted by Crippen LogP contribution is 2.20. The summed E-state index contributed by atoms with van der Waals surface area (Å²) in [6, 6.07) is 3.92. The van der Waals surface area contributed by atoms with Gasteiger partial charge in [0.15, 0.2) is 0 Å². The maximum Gasteiger partial charge on any atom is 0.238 e. The van der Waals surface area contributed by atoms with Crippen molar-refractivity contribution in [2.45, 2.75) is 24.3 Å². The van der Waals surface area contributed by atoms with Gasteiger partial charge in [0.2, 0.25) is 15.9 Å². The molecule has 1 rings (SSSR count). The van der Waals surface area contributed by atoms with Gasteiger partial charge in [0.1, 0.15) is 0 Å². The monoisotopic (exact) mass is 272 g/mol. The summed E-state index contributed by atoms with van der Waals surface area (Å²) in [4.78, 5) is 10.6. The second-order valence-corrected chi connectivity index (χ2v) is 5.61. The van der Waals surface area contributed by atoms with Gasteiger partial charge in [0.05, 0.1) is 4.90 Å². The van der Waals surface area contributed by atoms with Crippen LogP contribution in [0.2, 0.25) is 0 Å². The summed E-state index contributed by atoms with van der Waals surface area (Å²) in [5, 5.41) is 7.95. The molecule has 1 aromatic carbocycles. The van der Waals surface area contributed by atoms with Crippen LogP contribution < -0.4 is 21.9 Å². The first kappa shape index (κ1) is 14.3. The van der Waals surface area contributed by atoms with Gasteiger partial charge in [-0.1, -0.05) is 0 Å². The lowest BCUT2D eigenvalue weighted by Gasteiger charge is -2.14. The Morgan fingerprint density at radius 2 is 2.00 bits per heavy atom. The molecule has 7 nitrogen and oxygen atoms in total. The average molecular weight is 272 g/mol. The third-order valence-corrected chi connectivity index (χ3v) is 3.07. The molecule has 0 fully saturated rings. The molecular formula is C10H16N4O3S. The lowest BCUT2D eigenvalue weighted by atomic mass is 10.2. The topological polar surface area (TPSA) is 141 Å². The number of benzene rings is 1. The third-order valence-electron chi connectivity index (χ3n) is 2.18. The van der Waals surface area contributed by atoms with E-state index in [1.54, 1.807) is 13.0 Å². The number of hydrogen-bond donors (Lipinski definition) is 4. The molecular weight excluding hydrogens is 256 g/mol. The second-order valence-electron chi connectivity index (χ2n) is 4.05. The molecule has 1 aromatic rings. The standard InChI is InChI=1S/C10H16N4O3S/c1-6(2-10(12)15)14-8-3-7(11)4-9(5-8)18(13,16)17/h3-6,14H,2,11H2,1H3,(H2,12,15)(H2,13,16,17). The van der Waals surface area contributed by atoms with Crippen molar-refractivity contribution in [1.82, 2.24) is 0 Å². The molecule has 0 bridgehead atoms. The predicted molar refractivity (Wildman–Crippen MR) is 69.1 cm³/mol. The predicted octanol–water partition coefficient (Wildman–Crippen LogP) is -0.408. The van der Waals surface area contributed by atoms with E-state index in [2.05, 4.69) is 5.32 Å². The van der Waals surface area contributed by atoms with Crippen molar-refractivity contribution in [2.24, 2.45) is 10.9 Å². The molecule has 18 heavy (non-hydrogen) atoms. The number of nitrogens with one attached hydrogen (secondary N) is 1. The van der Waals surface area contributed by atoms with E-state index in [-0.39, 0.29) is 23.0 Å². The van der Waals surface area contributed by atoms with E-state index in [0.29, 0.717) is 5.69 Å². The average Bonchev–Trinajstić information content (AvgIpc) is 2.13. The van der Waals surface area contributed by atoms with Crippen LogP contribution in [0.1, 0.15) is 13.3 Å². The number of carbonyl (C=O) groups is 1. The number of anilines is 2. The Hall–Kier alpha value is -1.80. The molecule has 0 saturated carbocycles. The molecule has 0 heterocycles. The molecule has 0 aliphatic rings. The van der Waals surface area contributed by atoms with Crippen LogP contribution in [0.5, 0.6) is 0 Å². The van der Waals surface area contributed by atoms with Crippen LogP contribution in [0.4, 0.5) is 11.4 Å². The van der Waals surface area contributed by atoms with Crippen LogP contribution in [-0.4, -0.2) is 20.4 Å². The summed E-state index contributed by atoms with van der Waals surface area (Å²) in [6.45, 7) is 1.74. The third kappa shape index (κ3) is 4.22. The Labute approximate surface area is 105 Å². The van der Waals surface area contributed by atoms with Gasteiger partial charge < -0.3 is 16.8 Å². The van der Waals surface area contributed by atoms with E-state index in [1.807, 2.05) is 0 Å². The zero-order valence-electron chi connectivity index (χ0n) is 9.88. The molecule has 8 heteroatoms. The zero-order valence-corrected chi connectivity index (χ0v) is 10.7. The fourth-order valence-corrected chi connectivity index (χ4v) is 2.10. The maximum absolute atomic E-state index is 11.2. The number of nitrogens with two attached hydrogens (primary N) is 3. The molecule has 100 valence electrons. The first-order chi connectivity index (χ1) is 8.18.